The second-order valence-electron chi connectivity index (χ2n) is 4.78. The van der Waals surface area contributed by atoms with Gasteiger partial charge in [0.15, 0.2) is 0 Å². The minimum absolute atomic E-state index is 1.01. The number of nitrogens with zero attached hydrogens (tertiary/aromatic N) is 2. The van der Waals surface area contributed by atoms with E-state index in [-0.39, 0.29) is 0 Å². The maximum absolute atomic E-state index is 4.32. The minimum atomic E-state index is 1.01. The highest BCUT2D eigenvalue weighted by Gasteiger charge is 2.08. The van der Waals surface area contributed by atoms with Crippen LogP contribution in [-0.2, 0) is 6.42 Å². The molecule has 0 saturated heterocycles. The van der Waals surface area contributed by atoms with Crippen molar-refractivity contribution in [1.29, 1.82) is 0 Å². The number of aromatic nitrogens is 2. The van der Waals surface area contributed by atoms with Gasteiger partial charge in [-0.25, -0.2) is 0 Å². The second-order valence-corrected chi connectivity index (χ2v) is 5.84. The molecule has 0 atom stereocenters. The molecule has 2 aromatic rings. The first kappa shape index (κ1) is 14.2. The van der Waals surface area contributed by atoms with Crippen molar-refractivity contribution in [3.8, 4) is 10.6 Å². The molecule has 0 radical (unpaired) electrons. The first-order valence-corrected chi connectivity index (χ1v) is 7.63. The molecule has 0 unspecified atom stereocenters. The van der Waals surface area contributed by atoms with E-state index in [4.69, 9.17) is 0 Å². The highest BCUT2D eigenvalue weighted by Crippen LogP contribution is 2.27. The van der Waals surface area contributed by atoms with Gasteiger partial charge in [-0.1, -0.05) is 42.0 Å². The number of nitrogens with one attached hydrogen (secondary N) is 1. The van der Waals surface area contributed by atoms with Crippen LogP contribution in [0.25, 0.3) is 10.6 Å². The van der Waals surface area contributed by atoms with Crippen molar-refractivity contribution in [2.24, 2.45) is 0 Å². The van der Waals surface area contributed by atoms with Crippen LogP contribution in [0, 0.1) is 13.8 Å². The summed E-state index contributed by atoms with van der Waals surface area (Å²) in [6.07, 6.45) is 2.13. The number of rotatable bonds is 6. The van der Waals surface area contributed by atoms with Gasteiger partial charge in [-0.2, -0.15) is 0 Å². The number of aryl methyl sites for hydroxylation is 3. The van der Waals surface area contributed by atoms with Gasteiger partial charge in [-0.3, -0.25) is 0 Å². The second kappa shape index (κ2) is 6.78. The molecule has 0 aliphatic carbocycles. The Morgan fingerprint density at radius 1 is 1.21 bits per heavy atom. The number of hydrogen-bond donors (Lipinski definition) is 1. The van der Waals surface area contributed by atoms with Crippen molar-refractivity contribution >= 4 is 11.3 Å². The van der Waals surface area contributed by atoms with Crippen molar-refractivity contribution in [1.82, 2.24) is 15.5 Å². The molecule has 0 bridgehead atoms. The fraction of sp³-hybridized carbons (Fsp3) is 0.467. The topological polar surface area (TPSA) is 37.8 Å². The van der Waals surface area contributed by atoms with Crippen LogP contribution >= 0.6 is 11.3 Å². The smallest absolute Gasteiger partial charge is 0.148 e. The lowest BCUT2D eigenvalue weighted by Crippen LogP contribution is -2.14. The fourth-order valence-corrected chi connectivity index (χ4v) is 3.03. The van der Waals surface area contributed by atoms with E-state index in [0.717, 1.165) is 35.9 Å². The van der Waals surface area contributed by atoms with Gasteiger partial charge in [0.1, 0.15) is 10.0 Å². The molecule has 4 heteroatoms. The summed E-state index contributed by atoms with van der Waals surface area (Å²) in [5.74, 6) is 0. The van der Waals surface area contributed by atoms with E-state index in [1.807, 2.05) is 0 Å². The summed E-state index contributed by atoms with van der Waals surface area (Å²) in [4.78, 5) is 0. The van der Waals surface area contributed by atoms with Gasteiger partial charge < -0.3 is 5.32 Å². The third kappa shape index (κ3) is 3.85. The number of hydrogen-bond acceptors (Lipinski definition) is 4. The van der Waals surface area contributed by atoms with Crippen LogP contribution in [-0.4, -0.2) is 23.3 Å². The average Bonchev–Trinajstić information content (AvgIpc) is 2.83. The summed E-state index contributed by atoms with van der Waals surface area (Å²) in [7, 11) is 0. The van der Waals surface area contributed by atoms with Gasteiger partial charge in [-0.15, -0.1) is 10.2 Å². The van der Waals surface area contributed by atoms with Crippen molar-refractivity contribution in [2.45, 2.75) is 33.6 Å². The van der Waals surface area contributed by atoms with Gasteiger partial charge in [-0.05, 0) is 38.9 Å². The Labute approximate surface area is 119 Å². The van der Waals surface area contributed by atoms with Crippen molar-refractivity contribution in [2.75, 3.05) is 13.1 Å². The zero-order valence-electron chi connectivity index (χ0n) is 11.9. The monoisotopic (exact) mass is 275 g/mol. The predicted octanol–water partition coefficient (Wildman–Crippen LogP) is 3.36. The van der Waals surface area contributed by atoms with Crippen LogP contribution in [0.1, 0.15) is 29.5 Å². The first-order chi connectivity index (χ1) is 9.20. The average molecular weight is 275 g/mol. The maximum atomic E-state index is 4.32. The zero-order valence-corrected chi connectivity index (χ0v) is 12.7. The van der Waals surface area contributed by atoms with Crippen LogP contribution in [0.5, 0.6) is 0 Å². The highest BCUT2D eigenvalue weighted by molar-refractivity contribution is 7.14. The third-order valence-electron chi connectivity index (χ3n) is 3.07. The standard InChI is InChI=1S/C15H21N3S/c1-4-16-9-5-6-14-17-18-15(19-14)13-8-7-11(2)10-12(13)3/h7-8,10,16H,4-6,9H2,1-3H3. The van der Waals surface area contributed by atoms with Crippen LogP contribution in [0.15, 0.2) is 18.2 Å². The summed E-state index contributed by atoms with van der Waals surface area (Å²) in [6, 6.07) is 6.48. The van der Waals surface area contributed by atoms with Crippen LogP contribution in [0.3, 0.4) is 0 Å². The lowest BCUT2D eigenvalue weighted by atomic mass is 10.1. The molecule has 0 saturated carbocycles. The molecule has 0 fully saturated rings. The SMILES string of the molecule is CCNCCCc1nnc(-c2ccc(C)cc2C)s1. The van der Waals surface area contributed by atoms with E-state index >= 15 is 0 Å². The van der Waals surface area contributed by atoms with E-state index in [0.29, 0.717) is 0 Å². The molecule has 0 spiro atoms. The van der Waals surface area contributed by atoms with Crippen LogP contribution in [0.4, 0.5) is 0 Å². The maximum Gasteiger partial charge on any atom is 0.148 e. The highest BCUT2D eigenvalue weighted by atomic mass is 32.1. The molecule has 1 aromatic carbocycles. The Morgan fingerprint density at radius 3 is 2.79 bits per heavy atom. The van der Waals surface area contributed by atoms with Gasteiger partial charge in [0.25, 0.3) is 0 Å². The van der Waals surface area contributed by atoms with Gasteiger partial charge in [0.05, 0.1) is 0 Å². The van der Waals surface area contributed by atoms with Gasteiger partial charge in [0, 0.05) is 12.0 Å². The summed E-state index contributed by atoms with van der Waals surface area (Å²) < 4.78 is 0. The molecule has 2 rings (SSSR count). The lowest BCUT2D eigenvalue weighted by molar-refractivity contribution is 0.669. The zero-order chi connectivity index (χ0) is 13.7. The molecule has 1 heterocycles. The molecule has 0 amide bonds. The van der Waals surface area contributed by atoms with Crippen molar-refractivity contribution in [3.63, 3.8) is 0 Å². The summed E-state index contributed by atoms with van der Waals surface area (Å²) in [6.45, 7) is 8.46. The third-order valence-corrected chi connectivity index (χ3v) is 4.09. The Hall–Kier alpha value is -1.26. The van der Waals surface area contributed by atoms with Crippen molar-refractivity contribution < 1.29 is 0 Å². The largest absolute Gasteiger partial charge is 0.317 e. The van der Waals surface area contributed by atoms with E-state index in [1.54, 1.807) is 11.3 Å². The van der Waals surface area contributed by atoms with E-state index in [1.165, 1.54) is 16.7 Å². The summed E-state index contributed by atoms with van der Waals surface area (Å²) >= 11 is 1.71. The molecular formula is C15H21N3S. The van der Waals surface area contributed by atoms with Gasteiger partial charge >= 0.3 is 0 Å². The van der Waals surface area contributed by atoms with Crippen LogP contribution < -0.4 is 5.32 Å². The lowest BCUT2D eigenvalue weighted by Gasteiger charge is -2.02. The molecule has 3 nitrogen and oxygen atoms in total. The Bertz CT molecular complexity index is 534. The Balaban J connectivity index is 2.04. The van der Waals surface area contributed by atoms with E-state index in [2.05, 4.69) is 54.5 Å². The molecule has 0 aliphatic rings. The normalized spacial score (nSPS) is 10.9. The van der Waals surface area contributed by atoms with Crippen LogP contribution in [0.2, 0.25) is 0 Å². The molecule has 1 aromatic heterocycles. The van der Waals surface area contributed by atoms with E-state index in [9.17, 15) is 0 Å². The summed E-state index contributed by atoms with van der Waals surface area (Å²) in [5.41, 5.74) is 3.77. The number of benzene rings is 1. The first-order valence-electron chi connectivity index (χ1n) is 6.81. The van der Waals surface area contributed by atoms with Crippen molar-refractivity contribution in [3.05, 3.63) is 34.3 Å². The fourth-order valence-electron chi connectivity index (χ4n) is 2.06. The quantitative estimate of drug-likeness (QED) is 0.821. The Morgan fingerprint density at radius 2 is 2.05 bits per heavy atom. The minimum Gasteiger partial charge on any atom is -0.317 e. The molecular weight excluding hydrogens is 254 g/mol. The molecule has 102 valence electrons. The predicted molar refractivity (Wildman–Crippen MR) is 81.7 cm³/mol. The van der Waals surface area contributed by atoms with Gasteiger partial charge in [0.2, 0.25) is 0 Å². The molecule has 1 N–H and O–H groups in total. The Kier molecular flexibility index (Phi) is 5.05. The molecule has 19 heavy (non-hydrogen) atoms. The molecule has 0 aliphatic heterocycles. The summed E-state index contributed by atoms with van der Waals surface area (Å²) in [5, 5.41) is 14.1. The van der Waals surface area contributed by atoms with E-state index < -0.39 is 0 Å².